The Hall–Kier alpha value is -2.69. The lowest BCUT2D eigenvalue weighted by atomic mass is 10.1. The van der Waals surface area contributed by atoms with Gasteiger partial charge in [-0.3, -0.25) is 14.6 Å². The Balaban J connectivity index is 2.16. The van der Waals surface area contributed by atoms with Gasteiger partial charge >= 0.3 is 0 Å². The summed E-state index contributed by atoms with van der Waals surface area (Å²) in [6.07, 6.45) is 3.09. The summed E-state index contributed by atoms with van der Waals surface area (Å²) in [7, 11) is 3.37. The molecule has 0 unspecified atom stereocenters. The monoisotopic (exact) mass is 269 g/mol. The van der Waals surface area contributed by atoms with Crippen LogP contribution in [0.5, 0.6) is 0 Å². The minimum atomic E-state index is -0.257. The maximum Gasteiger partial charge on any atom is 0.257 e. The highest BCUT2D eigenvalue weighted by atomic mass is 16.2. The molecule has 0 spiro atoms. The van der Waals surface area contributed by atoms with Crippen molar-refractivity contribution in [2.24, 2.45) is 0 Å². The molecule has 0 aliphatic carbocycles. The van der Waals surface area contributed by atoms with E-state index in [9.17, 15) is 9.59 Å². The highest BCUT2D eigenvalue weighted by Crippen LogP contribution is 2.13. The highest BCUT2D eigenvalue weighted by Gasteiger charge is 2.10. The second kappa shape index (κ2) is 5.97. The van der Waals surface area contributed by atoms with E-state index in [1.807, 2.05) is 0 Å². The van der Waals surface area contributed by atoms with Crippen molar-refractivity contribution in [3.05, 3.63) is 59.9 Å². The van der Waals surface area contributed by atoms with Gasteiger partial charge in [0.15, 0.2) is 0 Å². The summed E-state index contributed by atoms with van der Waals surface area (Å²) < 4.78 is 0. The van der Waals surface area contributed by atoms with Gasteiger partial charge in [-0.1, -0.05) is 6.07 Å². The number of nitrogens with zero attached hydrogens (tertiary/aromatic N) is 2. The molecule has 1 aromatic heterocycles. The van der Waals surface area contributed by atoms with Gasteiger partial charge in [-0.25, -0.2) is 0 Å². The number of anilines is 1. The summed E-state index contributed by atoms with van der Waals surface area (Å²) in [6.45, 7) is 0. The van der Waals surface area contributed by atoms with Gasteiger partial charge in [0, 0.05) is 37.7 Å². The minimum absolute atomic E-state index is 0.109. The van der Waals surface area contributed by atoms with Crippen molar-refractivity contribution >= 4 is 17.5 Å². The van der Waals surface area contributed by atoms with Crippen LogP contribution >= 0.6 is 0 Å². The number of carbonyl (C=O) groups excluding carboxylic acids is 2. The molecular weight excluding hydrogens is 254 g/mol. The number of nitrogens with one attached hydrogen (secondary N) is 1. The third kappa shape index (κ3) is 3.20. The van der Waals surface area contributed by atoms with Crippen LogP contribution in [0.1, 0.15) is 20.7 Å². The Labute approximate surface area is 117 Å². The standard InChI is InChI=1S/C15H15N3O2/c1-18(2)15(20)11-5-3-7-13(9-11)17-14(19)12-6-4-8-16-10-12/h3-10H,1-2H3,(H,17,19). The number of pyridine rings is 1. The van der Waals surface area contributed by atoms with E-state index in [1.165, 1.54) is 11.1 Å². The number of amides is 2. The maximum absolute atomic E-state index is 12.0. The number of rotatable bonds is 3. The zero-order valence-electron chi connectivity index (χ0n) is 11.3. The van der Waals surface area contributed by atoms with E-state index >= 15 is 0 Å². The first-order valence-electron chi connectivity index (χ1n) is 6.11. The molecule has 0 aliphatic heterocycles. The van der Waals surface area contributed by atoms with Gasteiger partial charge in [0.25, 0.3) is 11.8 Å². The van der Waals surface area contributed by atoms with Crippen LogP contribution in [0.3, 0.4) is 0 Å². The lowest BCUT2D eigenvalue weighted by Gasteiger charge is -2.11. The second-order valence-electron chi connectivity index (χ2n) is 4.48. The lowest BCUT2D eigenvalue weighted by molar-refractivity contribution is 0.0827. The van der Waals surface area contributed by atoms with Crippen LogP contribution in [0.4, 0.5) is 5.69 Å². The van der Waals surface area contributed by atoms with Crippen molar-refractivity contribution in [2.75, 3.05) is 19.4 Å². The van der Waals surface area contributed by atoms with Gasteiger partial charge in [0.1, 0.15) is 0 Å². The molecule has 1 aromatic carbocycles. The van der Waals surface area contributed by atoms with Crippen molar-refractivity contribution < 1.29 is 9.59 Å². The third-order valence-corrected chi connectivity index (χ3v) is 2.70. The van der Waals surface area contributed by atoms with Crippen molar-refractivity contribution in [1.82, 2.24) is 9.88 Å². The molecule has 20 heavy (non-hydrogen) atoms. The van der Waals surface area contributed by atoms with Gasteiger partial charge < -0.3 is 10.2 Å². The number of aromatic nitrogens is 1. The molecule has 102 valence electrons. The molecule has 0 aliphatic rings. The smallest absolute Gasteiger partial charge is 0.257 e. The normalized spacial score (nSPS) is 9.90. The maximum atomic E-state index is 12.0. The molecule has 1 heterocycles. The Morgan fingerprint density at radius 1 is 1.10 bits per heavy atom. The molecule has 0 saturated carbocycles. The van der Waals surface area contributed by atoms with Crippen LogP contribution in [0.2, 0.25) is 0 Å². The van der Waals surface area contributed by atoms with Crippen LogP contribution in [0.25, 0.3) is 0 Å². The Bertz CT molecular complexity index is 624. The zero-order valence-corrected chi connectivity index (χ0v) is 11.3. The molecular formula is C15H15N3O2. The van der Waals surface area contributed by atoms with Crippen molar-refractivity contribution in [1.29, 1.82) is 0 Å². The summed E-state index contributed by atoms with van der Waals surface area (Å²) >= 11 is 0. The van der Waals surface area contributed by atoms with Crippen molar-refractivity contribution in [3.63, 3.8) is 0 Å². The van der Waals surface area contributed by atoms with Crippen LogP contribution in [0, 0.1) is 0 Å². The van der Waals surface area contributed by atoms with E-state index in [2.05, 4.69) is 10.3 Å². The average molecular weight is 269 g/mol. The van der Waals surface area contributed by atoms with E-state index in [1.54, 1.807) is 56.7 Å². The van der Waals surface area contributed by atoms with Gasteiger partial charge in [-0.15, -0.1) is 0 Å². The van der Waals surface area contributed by atoms with Crippen LogP contribution in [0.15, 0.2) is 48.8 Å². The first-order chi connectivity index (χ1) is 9.58. The summed E-state index contributed by atoms with van der Waals surface area (Å²) in [6, 6.07) is 10.2. The summed E-state index contributed by atoms with van der Waals surface area (Å²) in [4.78, 5) is 29.2. The van der Waals surface area contributed by atoms with Crippen LogP contribution in [-0.4, -0.2) is 35.8 Å². The molecule has 0 fully saturated rings. The lowest BCUT2D eigenvalue weighted by Crippen LogP contribution is -2.22. The number of benzene rings is 1. The van der Waals surface area contributed by atoms with Gasteiger partial charge in [-0.05, 0) is 30.3 Å². The van der Waals surface area contributed by atoms with E-state index in [0.717, 1.165) is 0 Å². The molecule has 0 atom stereocenters. The van der Waals surface area contributed by atoms with E-state index in [-0.39, 0.29) is 11.8 Å². The Morgan fingerprint density at radius 2 is 1.85 bits per heavy atom. The first-order valence-corrected chi connectivity index (χ1v) is 6.11. The largest absolute Gasteiger partial charge is 0.345 e. The van der Waals surface area contributed by atoms with Crippen LogP contribution in [-0.2, 0) is 0 Å². The Morgan fingerprint density at radius 3 is 2.50 bits per heavy atom. The Kier molecular flexibility index (Phi) is 4.10. The van der Waals surface area contributed by atoms with Gasteiger partial charge in [-0.2, -0.15) is 0 Å². The molecule has 5 nitrogen and oxygen atoms in total. The second-order valence-corrected chi connectivity index (χ2v) is 4.48. The van der Waals surface area contributed by atoms with Gasteiger partial charge in [0.05, 0.1) is 5.56 Å². The first kappa shape index (κ1) is 13.7. The molecule has 0 saturated heterocycles. The van der Waals surface area contributed by atoms with E-state index in [4.69, 9.17) is 0 Å². The number of carbonyl (C=O) groups is 2. The molecule has 2 rings (SSSR count). The topological polar surface area (TPSA) is 62.3 Å². The fourth-order valence-electron chi connectivity index (χ4n) is 1.69. The van der Waals surface area contributed by atoms with Crippen molar-refractivity contribution in [2.45, 2.75) is 0 Å². The van der Waals surface area contributed by atoms with E-state index in [0.29, 0.717) is 16.8 Å². The fraction of sp³-hybridized carbons (Fsp3) is 0.133. The van der Waals surface area contributed by atoms with Crippen LogP contribution < -0.4 is 5.32 Å². The highest BCUT2D eigenvalue weighted by molar-refractivity contribution is 6.04. The summed E-state index contributed by atoms with van der Waals surface area (Å²) in [5.74, 6) is -0.366. The summed E-state index contributed by atoms with van der Waals surface area (Å²) in [5.41, 5.74) is 1.57. The quantitative estimate of drug-likeness (QED) is 0.927. The SMILES string of the molecule is CN(C)C(=O)c1cccc(NC(=O)c2cccnc2)c1. The third-order valence-electron chi connectivity index (χ3n) is 2.70. The molecule has 0 radical (unpaired) electrons. The predicted octanol–water partition coefficient (Wildman–Crippen LogP) is 2.04. The minimum Gasteiger partial charge on any atom is -0.345 e. The average Bonchev–Trinajstić information content (AvgIpc) is 2.47. The molecule has 2 amide bonds. The molecule has 1 N–H and O–H groups in total. The molecule has 2 aromatic rings. The zero-order chi connectivity index (χ0) is 14.5. The molecule has 5 heteroatoms. The van der Waals surface area contributed by atoms with E-state index < -0.39 is 0 Å². The molecule has 0 bridgehead atoms. The number of hydrogen-bond donors (Lipinski definition) is 1. The predicted molar refractivity (Wildman–Crippen MR) is 76.6 cm³/mol. The van der Waals surface area contributed by atoms with Crippen molar-refractivity contribution in [3.8, 4) is 0 Å². The summed E-state index contributed by atoms with van der Waals surface area (Å²) in [5, 5.41) is 2.74. The fourth-order valence-corrected chi connectivity index (χ4v) is 1.69. The number of hydrogen-bond acceptors (Lipinski definition) is 3. The van der Waals surface area contributed by atoms with Gasteiger partial charge in [0.2, 0.25) is 0 Å².